The number of hydrogen-bond donors (Lipinski definition) is 7. The molecule has 15 nitrogen and oxygen atoms in total. The molecule has 336 valence electrons. The monoisotopic (exact) mass is 872 g/mol. The zero-order valence-electron chi connectivity index (χ0n) is 36.1. The van der Waals surface area contributed by atoms with Gasteiger partial charge in [0.1, 0.15) is 11.4 Å². The standard InChI is InChI=1S/C24H25N3O4.C20H16N2O5.C4H11N.CH4/c1-23(2,3)27-21(28)18-11-14-10-16(5-6-17(14)26-18)25-22(29)24(8-9-24)15-4-7-19-20(12-15)31-13-30-19;23-18(24)15-8-11-7-13(2-3-14(11)22-15)21-19(25)20(5-6-20)12-1-4-16-17(9-12)27-10-26-16;1-4(2,3)5;/h4-7,10-12,26H,8-9,13H2,1-3H3,(H,25,29)(H,27,28);1-4,7-9,22H,5-6,10H2,(H,21,25)(H,23,24);5H2,1-3H3;1H4. The van der Waals surface area contributed by atoms with E-state index in [-0.39, 0.29) is 55.5 Å². The lowest BCUT2D eigenvalue weighted by Crippen LogP contribution is -2.40. The maximum atomic E-state index is 13.1. The SMILES string of the molecule is C.CC(C)(C)N.CC(C)(C)NC(=O)c1cc2cc(NC(=O)C3(c4ccc5c(c4)OCO5)CC3)ccc2[nH]1.O=C(O)c1cc2cc(NC(=O)C3(c4ccc5c(c4)OCO5)CC3)ccc2[nH]1. The van der Waals surface area contributed by atoms with Crippen LogP contribution in [0.5, 0.6) is 23.0 Å². The summed E-state index contributed by atoms with van der Waals surface area (Å²) in [5.41, 5.74) is 9.30. The van der Waals surface area contributed by atoms with Gasteiger partial charge in [0.15, 0.2) is 23.0 Å². The maximum Gasteiger partial charge on any atom is 0.352 e. The molecule has 2 aliphatic carbocycles. The Labute approximate surface area is 371 Å². The summed E-state index contributed by atoms with van der Waals surface area (Å²) in [7, 11) is 0. The summed E-state index contributed by atoms with van der Waals surface area (Å²) in [6, 6.07) is 25.6. The van der Waals surface area contributed by atoms with Gasteiger partial charge in [0.2, 0.25) is 25.4 Å². The Bertz CT molecular complexity index is 2760. The highest BCUT2D eigenvalue weighted by Gasteiger charge is 2.52. The van der Waals surface area contributed by atoms with Gasteiger partial charge in [-0.3, -0.25) is 14.4 Å². The molecule has 0 atom stereocenters. The molecule has 6 aromatic rings. The Morgan fingerprint density at radius 1 is 0.594 bits per heavy atom. The third kappa shape index (κ3) is 9.79. The Balaban J connectivity index is 0.000000172. The second kappa shape index (κ2) is 16.9. The van der Waals surface area contributed by atoms with Crippen LogP contribution in [0.4, 0.5) is 11.4 Å². The fraction of sp³-hybridized carbons (Fsp3) is 0.347. The molecule has 4 heterocycles. The predicted octanol–water partition coefficient (Wildman–Crippen LogP) is 8.74. The average Bonchev–Trinajstić information content (AvgIpc) is 3.91. The third-order valence-electron chi connectivity index (χ3n) is 10.9. The smallest absolute Gasteiger partial charge is 0.352 e. The minimum atomic E-state index is -1.02. The number of benzene rings is 4. The second-order valence-electron chi connectivity index (χ2n) is 18.6. The number of carboxylic acid groups (broad SMARTS) is 1. The Hall–Kier alpha value is -7.00. The molecule has 8 N–H and O–H groups in total. The number of amides is 3. The number of H-pyrrole nitrogens is 2. The highest BCUT2D eigenvalue weighted by molar-refractivity contribution is 6.05. The number of nitrogens with two attached hydrogens (primary N) is 1. The molecule has 3 amide bonds. The summed E-state index contributed by atoms with van der Waals surface area (Å²) in [4.78, 5) is 55.6. The summed E-state index contributed by atoms with van der Waals surface area (Å²) in [5, 5.41) is 19.7. The van der Waals surface area contributed by atoms with Crippen molar-refractivity contribution in [2.24, 2.45) is 5.73 Å². The average molecular weight is 873 g/mol. The molecule has 4 aliphatic rings. The summed E-state index contributed by atoms with van der Waals surface area (Å²) in [5.74, 6) is 1.48. The van der Waals surface area contributed by atoms with Crippen LogP contribution >= 0.6 is 0 Å². The van der Waals surface area contributed by atoms with E-state index in [1.807, 2.05) is 96.1 Å². The van der Waals surface area contributed by atoms with Crippen LogP contribution in [0.25, 0.3) is 21.8 Å². The molecule has 4 aromatic carbocycles. The van der Waals surface area contributed by atoms with E-state index in [9.17, 15) is 19.2 Å². The largest absolute Gasteiger partial charge is 0.477 e. The van der Waals surface area contributed by atoms with Crippen molar-refractivity contribution in [2.45, 2.75) is 96.6 Å². The van der Waals surface area contributed by atoms with Gasteiger partial charge in [-0.05, 0) is 151 Å². The van der Waals surface area contributed by atoms with E-state index in [4.69, 9.17) is 29.8 Å². The molecule has 0 bridgehead atoms. The minimum absolute atomic E-state index is 0. The third-order valence-corrected chi connectivity index (χ3v) is 10.9. The first-order valence-corrected chi connectivity index (χ1v) is 20.8. The van der Waals surface area contributed by atoms with Crippen LogP contribution in [-0.4, -0.2) is 63.4 Å². The highest BCUT2D eigenvalue weighted by Crippen LogP contribution is 2.52. The zero-order chi connectivity index (χ0) is 44.9. The van der Waals surface area contributed by atoms with Gasteiger partial charge >= 0.3 is 5.97 Å². The number of fused-ring (bicyclic) bond motifs is 4. The molecule has 2 saturated carbocycles. The molecular formula is C49H56N6O9. The van der Waals surface area contributed by atoms with Crippen molar-refractivity contribution in [1.29, 1.82) is 0 Å². The van der Waals surface area contributed by atoms with Crippen LogP contribution < -0.4 is 40.6 Å². The van der Waals surface area contributed by atoms with Crippen molar-refractivity contribution in [3.63, 3.8) is 0 Å². The fourth-order valence-electron chi connectivity index (χ4n) is 7.50. The summed E-state index contributed by atoms with van der Waals surface area (Å²) >= 11 is 0. The molecule has 0 unspecified atom stereocenters. The first kappa shape index (κ1) is 45.0. The van der Waals surface area contributed by atoms with Crippen molar-refractivity contribution in [3.8, 4) is 23.0 Å². The number of carbonyl (C=O) groups is 4. The summed E-state index contributed by atoms with van der Waals surface area (Å²) < 4.78 is 21.6. The number of aromatic nitrogens is 2. The van der Waals surface area contributed by atoms with E-state index in [1.165, 1.54) is 0 Å². The number of aromatic carboxylic acids is 1. The first-order valence-electron chi connectivity index (χ1n) is 20.8. The zero-order valence-corrected chi connectivity index (χ0v) is 36.1. The van der Waals surface area contributed by atoms with Gasteiger partial charge < -0.3 is 55.7 Å². The molecular weight excluding hydrogens is 817 g/mol. The Kier molecular flexibility index (Phi) is 11.9. The van der Waals surface area contributed by atoms with E-state index < -0.39 is 16.8 Å². The van der Waals surface area contributed by atoms with E-state index in [1.54, 1.807) is 30.3 Å². The van der Waals surface area contributed by atoms with Gasteiger partial charge in [0.25, 0.3) is 5.91 Å². The van der Waals surface area contributed by atoms with Crippen LogP contribution in [0.1, 0.15) is 107 Å². The van der Waals surface area contributed by atoms with Gasteiger partial charge in [0.05, 0.1) is 10.8 Å². The summed E-state index contributed by atoms with van der Waals surface area (Å²) in [6.07, 6.45) is 3.13. The summed E-state index contributed by atoms with van der Waals surface area (Å²) in [6.45, 7) is 12.1. The highest BCUT2D eigenvalue weighted by atomic mass is 16.7. The molecule has 2 aromatic heterocycles. The number of hydrogen-bond acceptors (Lipinski definition) is 9. The van der Waals surface area contributed by atoms with Crippen LogP contribution in [0.15, 0.2) is 84.9 Å². The molecule has 64 heavy (non-hydrogen) atoms. The van der Waals surface area contributed by atoms with Gasteiger partial charge in [-0.2, -0.15) is 0 Å². The van der Waals surface area contributed by atoms with Crippen molar-refractivity contribution < 1.29 is 43.2 Å². The number of carbonyl (C=O) groups excluding carboxylic acids is 3. The van der Waals surface area contributed by atoms with E-state index in [0.717, 1.165) is 53.1 Å². The number of anilines is 2. The van der Waals surface area contributed by atoms with Gasteiger partial charge in [0, 0.05) is 44.3 Å². The van der Waals surface area contributed by atoms with Gasteiger partial charge in [-0.1, -0.05) is 19.6 Å². The lowest BCUT2D eigenvalue weighted by molar-refractivity contribution is -0.119. The molecule has 0 radical (unpaired) electrons. The number of nitrogens with one attached hydrogen (secondary N) is 5. The molecule has 2 aliphatic heterocycles. The number of aromatic amines is 2. The van der Waals surface area contributed by atoms with Crippen molar-refractivity contribution in [1.82, 2.24) is 15.3 Å². The Morgan fingerprint density at radius 2 is 1.00 bits per heavy atom. The molecule has 15 heteroatoms. The maximum absolute atomic E-state index is 13.1. The second-order valence-corrected chi connectivity index (χ2v) is 18.6. The van der Waals surface area contributed by atoms with E-state index in [0.29, 0.717) is 45.6 Å². The Morgan fingerprint density at radius 3 is 1.41 bits per heavy atom. The van der Waals surface area contributed by atoms with Crippen LogP contribution in [0.3, 0.4) is 0 Å². The number of ether oxygens (including phenoxy) is 4. The van der Waals surface area contributed by atoms with Crippen LogP contribution in [0.2, 0.25) is 0 Å². The quantitative estimate of drug-likeness (QED) is 0.0771. The van der Waals surface area contributed by atoms with E-state index >= 15 is 0 Å². The topological polar surface area (TPSA) is 219 Å². The van der Waals surface area contributed by atoms with Crippen LogP contribution in [-0.2, 0) is 20.4 Å². The van der Waals surface area contributed by atoms with E-state index in [2.05, 4.69) is 25.9 Å². The lowest BCUT2D eigenvalue weighted by atomic mass is 9.94. The fourth-order valence-corrected chi connectivity index (χ4v) is 7.50. The van der Waals surface area contributed by atoms with Crippen LogP contribution in [0, 0.1) is 0 Å². The molecule has 2 fully saturated rings. The lowest BCUT2D eigenvalue weighted by Gasteiger charge is -2.19. The molecule has 10 rings (SSSR count). The minimum Gasteiger partial charge on any atom is -0.477 e. The molecule has 0 saturated heterocycles. The first-order chi connectivity index (χ1) is 29.8. The normalized spacial score (nSPS) is 15.7. The number of carboxylic acids is 1. The van der Waals surface area contributed by atoms with Gasteiger partial charge in [-0.15, -0.1) is 0 Å². The number of rotatable bonds is 8. The van der Waals surface area contributed by atoms with Gasteiger partial charge in [-0.25, -0.2) is 4.79 Å². The molecule has 0 spiro atoms. The van der Waals surface area contributed by atoms with Crippen molar-refractivity contribution in [2.75, 3.05) is 24.2 Å². The van der Waals surface area contributed by atoms with Crippen molar-refractivity contribution in [3.05, 3.63) is 107 Å². The van der Waals surface area contributed by atoms with Crippen molar-refractivity contribution >= 4 is 56.9 Å². The predicted molar refractivity (Wildman–Crippen MR) is 246 cm³/mol.